The lowest BCUT2D eigenvalue weighted by Gasteiger charge is -1.97. The molecule has 0 saturated carbocycles. The molecule has 2 aromatic rings. The molecule has 2 nitrogen and oxygen atoms in total. The largest absolute Gasteiger partial charge is 0.298 e. The molecule has 0 aliphatic heterocycles. The summed E-state index contributed by atoms with van der Waals surface area (Å²) in [6.07, 6.45) is 8.24. The Hall–Kier alpha value is -2.22. The third kappa shape index (κ3) is 2.42. The Morgan fingerprint density at radius 1 is 0.875 bits per heavy atom. The Balaban J connectivity index is 2.27. The highest BCUT2D eigenvalue weighted by Gasteiger charge is 1.95. The molecular formula is C14H11NO. The van der Waals surface area contributed by atoms with Gasteiger partial charge in [0, 0.05) is 18.0 Å². The fourth-order valence-corrected chi connectivity index (χ4v) is 1.43. The Morgan fingerprint density at radius 2 is 1.56 bits per heavy atom. The molecule has 0 atom stereocenters. The maximum absolute atomic E-state index is 10.8. The number of benzene rings is 1. The summed E-state index contributed by atoms with van der Waals surface area (Å²) in [5.74, 6) is 0. The first-order chi connectivity index (χ1) is 7.90. The average molecular weight is 209 g/mol. The van der Waals surface area contributed by atoms with Crippen LogP contribution in [-0.2, 0) is 0 Å². The zero-order valence-electron chi connectivity index (χ0n) is 8.71. The van der Waals surface area contributed by atoms with Crippen LogP contribution >= 0.6 is 0 Å². The van der Waals surface area contributed by atoms with Crippen molar-refractivity contribution >= 4 is 18.4 Å². The van der Waals surface area contributed by atoms with Gasteiger partial charge < -0.3 is 0 Å². The number of nitrogens with zero attached hydrogens (tertiary/aromatic N) is 1. The van der Waals surface area contributed by atoms with E-state index in [0.29, 0.717) is 5.56 Å². The van der Waals surface area contributed by atoms with Gasteiger partial charge in [0.15, 0.2) is 6.29 Å². The van der Waals surface area contributed by atoms with E-state index in [-0.39, 0.29) is 0 Å². The summed E-state index contributed by atoms with van der Waals surface area (Å²) in [7, 11) is 0. The molecular weight excluding hydrogens is 198 g/mol. The predicted molar refractivity (Wildman–Crippen MR) is 65.0 cm³/mol. The number of carbonyl (C=O) groups excluding carboxylic acids is 1. The van der Waals surface area contributed by atoms with E-state index in [1.54, 1.807) is 18.5 Å². The van der Waals surface area contributed by atoms with Gasteiger partial charge in [-0.15, -0.1) is 0 Å². The number of carbonyl (C=O) groups is 1. The van der Waals surface area contributed by atoms with Crippen LogP contribution in [0, 0.1) is 0 Å². The monoisotopic (exact) mass is 209 g/mol. The van der Waals surface area contributed by atoms with Crippen molar-refractivity contribution in [3.63, 3.8) is 0 Å². The predicted octanol–water partition coefficient (Wildman–Crippen LogP) is 3.06. The second kappa shape index (κ2) is 5.03. The number of hydrogen-bond donors (Lipinski definition) is 0. The molecule has 0 saturated heterocycles. The third-order valence-electron chi connectivity index (χ3n) is 2.28. The standard InChI is InChI=1S/C14H11NO/c16-11-14-4-2-1-3-13(14)6-5-12-7-9-15-10-8-12/h1-11H. The van der Waals surface area contributed by atoms with E-state index in [2.05, 4.69) is 4.98 Å². The Morgan fingerprint density at radius 3 is 2.25 bits per heavy atom. The highest BCUT2D eigenvalue weighted by Crippen LogP contribution is 2.11. The van der Waals surface area contributed by atoms with Crippen LogP contribution < -0.4 is 0 Å². The molecule has 1 aromatic heterocycles. The van der Waals surface area contributed by atoms with Gasteiger partial charge in [0.1, 0.15) is 0 Å². The minimum Gasteiger partial charge on any atom is -0.298 e. The minimum absolute atomic E-state index is 0.702. The van der Waals surface area contributed by atoms with E-state index in [1.807, 2.05) is 42.5 Å². The van der Waals surface area contributed by atoms with Crippen molar-refractivity contribution in [2.45, 2.75) is 0 Å². The first-order valence-corrected chi connectivity index (χ1v) is 5.02. The molecule has 0 radical (unpaired) electrons. The summed E-state index contributed by atoms with van der Waals surface area (Å²) in [6.45, 7) is 0. The number of aldehydes is 1. The molecule has 2 heteroatoms. The molecule has 78 valence electrons. The summed E-state index contributed by atoms with van der Waals surface area (Å²) < 4.78 is 0. The van der Waals surface area contributed by atoms with Crippen LogP contribution in [0.5, 0.6) is 0 Å². The average Bonchev–Trinajstić information content (AvgIpc) is 2.38. The van der Waals surface area contributed by atoms with Crippen molar-refractivity contribution in [3.05, 3.63) is 65.5 Å². The molecule has 2 rings (SSSR count). The summed E-state index contributed by atoms with van der Waals surface area (Å²) in [4.78, 5) is 14.7. The van der Waals surface area contributed by atoms with Crippen molar-refractivity contribution < 1.29 is 4.79 Å². The van der Waals surface area contributed by atoms with Crippen LogP contribution in [0.3, 0.4) is 0 Å². The first kappa shape index (κ1) is 10.3. The molecule has 1 aromatic carbocycles. The summed E-state index contributed by atoms with van der Waals surface area (Å²) in [5, 5.41) is 0. The van der Waals surface area contributed by atoms with E-state index in [9.17, 15) is 4.79 Å². The van der Waals surface area contributed by atoms with Crippen molar-refractivity contribution in [1.29, 1.82) is 0 Å². The minimum atomic E-state index is 0.702. The van der Waals surface area contributed by atoms with E-state index in [1.165, 1.54) is 0 Å². The van der Waals surface area contributed by atoms with Gasteiger partial charge >= 0.3 is 0 Å². The van der Waals surface area contributed by atoms with Crippen LogP contribution in [0.2, 0.25) is 0 Å². The number of hydrogen-bond acceptors (Lipinski definition) is 2. The van der Waals surface area contributed by atoms with Gasteiger partial charge in [0.05, 0.1) is 0 Å². The van der Waals surface area contributed by atoms with E-state index in [0.717, 1.165) is 17.4 Å². The lowest BCUT2D eigenvalue weighted by molar-refractivity contribution is 0.112. The van der Waals surface area contributed by atoms with Crippen LogP contribution in [-0.4, -0.2) is 11.3 Å². The maximum atomic E-state index is 10.8. The van der Waals surface area contributed by atoms with Gasteiger partial charge in [-0.25, -0.2) is 0 Å². The fourth-order valence-electron chi connectivity index (χ4n) is 1.43. The molecule has 0 amide bonds. The first-order valence-electron chi connectivity index (χ1n) is 5.02. The van der Waals surface area contributed by atoms with E-state index >= 15 is 0 Å². The zero-order valence-corrected chi connectivity index (χ0v) is 8.71. The second-order valence-corrected chi connectivity index (χ2v) is 3.36. The number of rotatable bonds is 3. The molecule has 0 aliphatic rings. The van der Waals surface area contributed by atoms with Crippen LogP contribution in [0.25, 0.3) is 12.2 Å². The molecule has 0 aliphatic carbocycles. The summed E-state index contributed by atoms with van der Waals surface area (Å²) in [5.41, 5.74) is 2.69. The fraction of sp³-hybridized carbons (Fsp3) is 0. The topological polar surface area (TPSA) is 30.0 Å². The quantitative estimate of drug-likeness (QED) is 0.727. The molecule has 0 unspecified atom stereocenters. The second-order valence-electron chi connectivity index (χ2n) is 3.36. The maximum Gasteiger partial charge on any atom is 0.150 e. The van der Waals surface area contributed by atoms with Crippen LogP contribution in [0.4, 0.5) is 0 Å². The Bertz CT molecular complexity index is 503. The van der Waals surface area contributed by atoms with Crippen molar-refractivity contribution in [2.24, 2.45) is 0 Å². The number of aromatic nitrogens is 1. The van der Waals surface area contributed by atoms with E-state index < -0.39 is 0 Å². The normalized spacial score (nSPS) is 10.5. The van der Waals surface area contributed by atoms with Crippen molar-refractivity contribution in [2.75, 3.05) is 0 Å². The summed E-state index contributed by atoms with van der Waals surface area (Å²) in [6, 6.07) is 11.3. The molecule has 0 fully saturated rings. The highest BCUT2D eigenvalue weighted by molar-refractivity contribution is 5.84. The van der Waals surface area contributed by atoms with Gasteiger partial charge in [-0.1, -0.05) is 36.4 Å². The van der Waals surface area contributed by atoms with Crippen LogP contribution in [0.1, 0.15) is 21.5 Å². The molecule has 1 heterocycles. The molecule has 0 N–H and O–H groups in total. The Labute approximate surface area is 94.3 Å². The Kier molecular flexibility index (Phi) is 3.24. The molecule has 0 spiro atoms. The van der Waals surface area contributed by atoms with Gasteiger partial charge in [0.2, 0.25) is 0 Å². The summed E-state index contributed by atoms with van der Waals surface area (Å²) >= 11 is 0. The SMILES string of the molecule is O=Cc1ccccc1C=Cc1ccncc1. The van der Waals surface area contributed by atoms with Crippen LogP contribution in [0.15, 0.2) is 48.8 Å². The van der Waals surface area contributed by atoms with Crippen molar-refractivity contribution in [3.8, 4) is 0 Å². The van der Waals surface area contributed by atoms with Gasteiger partial charge in [0.25, 0.3) is 0 Å². The van der Waals surface area contributed by atoms with Gasteiger partial charge in [-0.3, -0.25) is 9.78 Å². The smallest absolute Gasteiger partial charge is 0.150 e. The van der Waals surface area contributed by atoms with Crippen molar-refractivity contribution in [1.82, 2.24) is 4.98 Å². The van der Waals surface area contributed by atoms with Gasteiger partial charge in [-0.05, 0) is 23.3 Å². The highest BCUT2D eigenvalue weighted by atomic mass is 16.1. The lowest BCUT2D eigenvalue weighted by atomic mass is 10.1. The molecule has 16 heavy (non-hydrogen) atoms. The number of pyridine rings is 1. The lowest BCUT2D eigenvalue weighted by Crippen LogP contribution is -1.84. The van der Waals surface area contributed by atoms with E-state index in [4.69, 9.17) is 0 Å². The van der Waals surface area contributed by atoms with Gasteiger partial charge in [-0.2, -0.15) is 0 Å². The third-order valence-corrected chi connectivity index (χ3v) is 2.28. The molecule has 0 bridgehead atoms. The zero-order chi connectivity index (χ0) is 11.2.